The van der Waals surface area contributed by atoms with Crippen molar-refractivity contribution in [3.8, 4) is 0 Å². The predicted molar refractivity (Wildman–Crippen MR) is 73.1 cm³/mol. The van der Waals surface area contributed by atoms with Crippen molar-refractivity contribution in [1.82, 2.24) is 9.88 Å². The summed E-state index contributed by atoms with van der Waals surface area (Å²) in [6.07, 6.45) is -3.92. The smallest absolute Gasteiger partial charge is 0.349 e. The number of rotatable bonds is 4. The van der Waals surface area contributed by atoms with E-state index in [9.17, 15) is 22.8 Å². The molecule has 1 N–H and O–H groups in total. The highest BCUT2D eigenvalue weighted by Crippen LogP contribution is 2.27. The van der Waals surface area contributed by atoms with E-state index in [1.54, 1.807) is 6.92 Å². The third-order valence-corrected chi connectivity index (χ3v) is 3.04. The molecule has 7 heteroatoms. The number of alkyl halides is 3. The van der Waals surface area contributed by atoms with Gasteiger partial charge in [-0.25, -0.2) is 0 Å². The number of hydrogen-bond acceptors (Lipinski definition) is 2. The molecule has 0 aliphatic carbocycles. The molecule has 1 heterocycles. The van der Waals surface area contributed by atoms with E-state index in [0.717, 1.165) is 19.2 Å². The predicted octanol–water partition coefficient (Wildman–Crippen LogP) is 2.57. The summed E-state index contributed by atoms with van der Waals surface area (Å²) in [4.78, 5) is 23.8. The fourth-order valence-electron chi connectivity index (χ4n) is 2.16. The molecule has 1 amide bonds. The Morgan fingerprint density at radius 1 is 1.29 bits per heavy atom. The van der Waals surface area contributed by atoms with Gasteiger partial charge in [-0.05, 0) is 31.4 Å². The maximum atomic E-state index is 12.7. The molecule has 0 saturated carbocycles. The van der Waals surface area contributed by atoms with Gasteiger partial charge in [-0.2, -0.15) is 13.2 Å². The summed E-state index contributed by atoms with van der Waals surface area (Å²) >= 11 is 0. The van der Waals surface area contributed by atoms with Crippen LogP contribution in [0.4, 0.5) is 13.2 Å². The number of amides is 1. The van der Waals surface area contributed by atoms with E-state index in [4.69, 9.17) is 0 Å². The van der Waals surface area contributed by atoms with Crippen LogP contribution < -0.4 is 10.9 Å². The van der Waals surface area contributed by atoms with Crippen molar-refractivity contribution < 1.29 is 18.0 Å². The topological polar surface area (TPSA) is 51.1 Å². The molecule has 1 aromatic heterocycles. The maximum Gasteiger partial charge on any atom is 0.431 e. The standard InChI is InChI=1S/C14H19F3N2O2/c1-8(2)7-9(3)18-12(20)10-5-6-11(14(15,16)17)19(4)13(10)21/h5-6,8-9H,7H2,1-4H3,(H,18,20)/t9-/m1/s1. The molecule has 21 heavy (non-hydrogen) atoms. The van der Waals surface area contributed by atoms with Gasteiger partial charge in [-0.3, -0.25) is 9.59 Å². The van der Waals surface area contributed by atoms with Crippen LogP contribution in [0.1, 0.15) is 43.2 Å². The summed E-state index contributed by atoms with van der Waals surface area (Å²) in [7, 11) is 0.999. The zero-order valence-corrected chi connectivity index (χ0v) is 12.4. The molecule has 0 aliphatic rings. The van der Waals surface area contributed by atoms with E-state index in [0.29, 0.717) is 16.9 Å². The molecule has 4 nitrogen and oxygen atoms in total. The van der Waals surface area contributed by atoms with Crippen molar-refractivity contribution in [2.45, 2.75) is 39.4 Å². The van der Waals surface area contributed by atoms with Crippen molar-refractivity contribution in [2.75, 3.05) is 0 Å². The molecule has 0 unspecified atom stereocenters. The van der Waals surface area contributed by atoms with Gasteiger partial charge in [-0.15, -0.1) is 0 Å². The van der Waals surface area contributed by atoms with Crippen molar-refractivity contribution in [3.63, 3.8) is 0 Å². The zero-order chi connectivity index (χ0) is 16.4. The zero-order valence-electron chi connectivity index (χ0n) is 12.4. The third-order valence-electron chi connectivity index (χ3n) is 3.04. The Kier molecular flexibility index (Phi) is 5.20. The number of carbonyl (C=O) groups excluding carboxylic acids is 1. The average molecular weight is 304 g/mol. The van der Waals surface area contributed by atoms with E-state index < -0.39 is 23.3 Å². The number of hydrogen-bond donors (Lipinski definition) is 1. The van der Waals surface area contributed by atoms with Crippen LogP contribution in [0.3, 0.4) is 0 Å². The van der Waals surface area contributed by atoms with Gasteiger partial charge in [-0.1, -0.05) is 13.8 Å². The number of nitrogens with one attached hydrogen (secondary N) is 1. The minimum Gasteiger partial charge on any atom is -0.349 e. The summed E-state index contributed by atoms with van der Waals surface area (Å²) < 4.78 is 38.4. The molecule has 0 aromatic carbocycles. The Hall–Kier alpha value is -1.79. The third kappa shape index (κ3) is 4.34. The summed E-state index contributed by atoms with van der Waals surface area (Å²) in [5.41, 5.74) is -2.33. The molecule has 118 valence electrons. The van der Waals surface area contributed by atoms with Crippen LogP contribution in [0.5, 0.6) is 0 Å². The fourth-order valence-corrected chi connectivity index (χ4v) is 2.16. The van der Waals surface area contributed by atoms with Gasteiger partial charge in [0, 0.05) is 13.1 Å². The molecule has 0 saturated heterocycles. The second-order valence-electron chi connectivity index (χ2n) is 5.50. The van der Waals surface area contributed by atoms with Crippen molar-refractivity contribution in [3.05, 3.63) is 33.7 Å². The number of halogens is 3. The number of nitrogens with zero attached hydrogens (tertiary/aromatic N) is 1. The van der Waals surface area contributed by atoms with E-state index in [-0.39, 0.29) is 11.6 Å². The summed E-state index contributed by atoms with van der Waals surface area (Å²) in [6, 6.07) is 1.50. The van der Waals surface area contributed by atoms with Gasteiger partial charge in [0.15, 0.2) is 0 Å². The molecule has 0 bridgehead atoms. The summed E-state index contributed by atoms with van der Waals surface area (Å²) in [6.45, 7) is 5.76. The van der Waals surface area contributed by atoms with Gasteiger partial charge in [0.2, 0.25) is 0 Å². The lowest BCUT2D eigenvalue weighted by molar-refractivity contribution is -0.143. The normalized spacial score (nSPS) is 13.3. The highest BCUT2D eigenvalue weighted by atomic mass is 19.4. The van der Waals surface area contributed by atoms with Gasteiger partial charge in [0.25, 0.3) is 11.5 Å². The SMILES string of the molecule is CC(C)C[C@@H](C)NC(=O)c1ccc(C(F)(F)F)n(C)c1=O. The van der Waals surface area contributed by atoms with Crippen molar-refractivity contribution >= 4 is 5.91 Å². The molecule has 0 radical (unpaired) electrons. The first kappa shape index (κ1) is 17.3. The summed E-state index contributed by atoms with van der Waals surface area (Å²) in [5, 5.41) is 2.62. The first-order chi connectivity index (χ1) is 9.54. The van der Waals surface area contributed by atoms with Gasteiger partial charge in [0.1, 0.15) is 11.3 Å². The summed E-state index contributed by atoms with van der Waals surface area (Å²) in [5.74, 6) is -0.298. The largest absolute Gasteiger partial charge is 0.431 e. The van der Waals surface area contributed by atoms with E-state index in [2.05, 4.69) is 5.32 Å². The van der Waals surface area contributed by atoms with Crippen LogP contribution in [0.15, 0.2) is 16.9 Å². The van der Waals surface area contributed by atoms with E-state index in [1.807, 2.05) is 13.8 Å². The molecule has 0 aliphatic heterocycles. The highest BCUT2D eigenvalue weighted by molar-refractivity contribution is 5.94. The first-order valence-electron chi connectivity index (χ1n) is 6.62. The number of pyridine rings is 1. The molecular formula is C14H19F3N2O2. The van der Waals surface area contributed by atoms with Crippen molar-refractivity contribution in [1.29, 1.82) is 0 Å². The Balaban J connectivity index is 3.03. The molecule has 1 aromatic rings. The Bertz CT molecular complexity index is 577. The minimum absolute atomic E-state index is 0.163. The Morgan fingerprint density at radius 3 is 2.33 bits per heavy atom. The quantitative estimate of drug-likeness (QED) is 0.929. The van der Waals surface area contributed by atoms with Crippen LogP contribution in [0.2, 0.25) is 0 Å². The van der Waals surface area contributed by atoms with E-state index in [1.165, 1.54) is 0 Å². The van der Waals surface area contributed by atoms with Crippen LogP contribution in [0, 0.1) is 5.92 Å². The Morgan fingerprint density at radius 2 is 1.86 bits per heavy atom. The molecule has 1 rings (SSSR count). The minimum atomic E-state index is -4.63. The van der Waals surface area contributed by atoms with Gasteiger partial charge < -0.3 is 9.88 Å². The van der Waals surface area contributed by atoms with E-state index >= 15 is 0 Å². The van der Waals surface area contributed by atoms with Gasteiger partial charge >= 0.3 is 6.18 Å². The highest BCUT2D eigenvalue weighted by Gasteiger charge is 2.34. The molecule has 0 fully saturated rings. The van der Waals surface area contributed by atoms with Crippen LogP contribution in [0.25, 0.3) is 0 Å². The van der Waals surface area contributed by atoms with Crippen LogP contribution in [-0.2, 0) is 13.2 Å². The lowest BCUT2D eigenvalue weighted by atomic mass is 10.0. The van der Waals surface area contributed by atoms with Crippen LogP contribution >= 0.6 is 0 Å². The Labute approximate surface area is 121 Å². The lowest BCUT2D eigenvalue weighted by Gasteiger charge is -2.17. The number of aromatic nitrogens is 1. The molecule has 0 spiro atoms. The molecular weight excluding hydrogens is 285 g/mol. The number of carbonyl (C=O) groups is 1. The fraction of sp³-hybridized carbons (Fsp3) is 0.571. The van der Waals surface area contributed by atoms with Crippen LogP contribution in [-0.4, -0.2) is 16.5 Å². The average Bonchev–Trinajstić information content (AvgIpc) is 2.29. The second-order valence-corrected chi connectivity index (χ2v) is 5.50. The lowest BCUT2D eigenvalue weighted by Crippen LogP contribution is -2.38. The van der Waals surface area contributed by atoms with Crippen molar-refractivity contribution in [2.24, 2.45) is 13.0 Å². The monoisotopic (exact) mass is 304 g/mol. The molecule has 1 atom stereocenters. The van der Waals surface area contributed by atoms with Gasteiger partial charge in [0.05, 0.1) is 0 Å². The maximum absolute atomic E-state index is 12.7. The first-order valence-corrected chi connectivity index (χ1v) is 6.62. The second kappa shape index (κ2) is 6.32.